The second-order valence-corrected chi connectivity index (χ2v) is 6.67. The van der Waals surface area contributed by atoms with E-state index in [0.717, 1.165) is 37.7 Å². The molecule has 0 aromatic carbocycles. The lowest BCUT2D eigenvalue weighted by Gasteiger charge is -2.11. The third kappa shape index (κ3) is 5.47. The summed E-state index contributed by atoms with van der Waals surface area (Å²) in [5.41, 5.74) is 4.99. The average molecular weight is 461 g/mol. The molecule has 2 aromatic rings. The number of rotatable bonds is 6. The lowest BCUT2D eigenvalue weighted by Crippen LogP contribution is -2.38. The van der Waals surface area contributed by atoms with Crippen molar-refractivity contribution in [1.82, 2.24) is 20.4 Å². The van der Waals surface area contributed by atoms with E-state index < -0.39 is 0 Å². The number of aliphatic imine (C=N–C) groups is 1. The SMILES string of the molecule is CCNC(=NCc1sccc1C)NCCc1c(C)nn(C)c1C.I. The van der Waals surface area contributed by atoms with Gasteiger partial charge in [0.05, 0.1) is 12.2 Å². The van der Waals surface area contributed by atoms with Gasteiger partial charge in [0, 0.05) is 30.7 Å². The number of aromatic nitrogens is 2. The molecule has 0 aliphatic heterocycles. The number of nitrogens with one attached hydrogen (secondary N) is 2. The Balaban J connectivity index is 0.00000288. The predicted molar refractivity (Wildman–Crippen MR) is 114 cm³/mol. The van der Waals surface area contributed by atoms with E-state index in [0.29, 0.717) is 0 Å². The van der Waals surface area contributed by atoms with Crippen LogP contribution in [0.15, 0.2) is 16.4 Å². The Hall–Kier alpha value is -1.09. The fourth-order valence-electron chi connectivity index (χ4n) is 2.54. The van der Waals surface area contributed by atoms with Gasteiger partial charge in [0.15, 0.2) is 5.96 Å². The second kappa shape index (κ2) is 10.0. The summed E-state index contributed by atoms with van der Waals surface area (Å²) in [7, 11) is 1.99. The maximum atomic E-state index is 4.68. The Morgan fingerprint density at radius 2 is 2.04 bits per heavy atom. The minimum absolute atomic E-state index is 0. The molecule has 5 nitrogen and oxygen atoms in total. The highest BCUT2D eigenvalue weighted by Gasteiger charge is 2.09. The summed E-state index contributed by atoms with van der Waals surface area (Å²) in [6.07, 6.45) is 0.952. The fraction of sp³-hybridized carbons (Fsp3) is 0.529. The van der Waals surface area contributed by atoms with E-state index in [1.807, 2.05) is 11.7 Å². The number of halogens is 1. The van der Waals surface area contributed by atoms with Crippen molar-refractivity contribution < 1.29 is 0 Å². The minimum atomic E-state index is 0. The van der Waals surface area contributed by atoms with E-state index in [1.54, 1.807) is 11.3 Å². The van der Waals surface area contributed by atoms with Crippen molar-refractivity contribution in [2.45, 2.75) is 40.7 Å². The van der Waals surface area contributed by atoms with Crippen LogP contribution in [0.25, 0.3) is 0 Å². The molecular formula is C17H28IN5S. The molecule has 2 N–H and O–H groups in total. The standard InChI is InChI=1S/C17H27N5S.HI/c1-6-18-17(20-11-16-12(2)8-10-23-16)19-9-7-15-13(3)21-22(5)14(15)4;/h8,10H,6-7,9,11H2,1-5H3,(H2,18,19,20);1H. The van der Waals surface area contributed by atoms with Crippen LogP contribution in [0.3, 0.4) is 0 Å². The zero-order valence-electron chi connectivity index (χ0n) is 15.1. The van der Waals surface area contributed by atoms with Crippen molar-refractivity contribution in [3.63, 3.8) is 0 Å². The molecule has 134 valence electrons. The number of guanidine groups is 1. The van der Waals surface area contributed by atoms with Gasteiger partial charge in [-0.2, -0.15) is 5.10 Å². The van der Waals surface area contributed by atoms with Crippen LogP contribution in [0.1, 0.15) is 34.3 Å². The predicted octanol–water partition coefficient (Wildman–Crippen LogP) is 3.32. The third-order valence-electron chi connectivity index (χ3n) is 4.02. The van der Waals surface area contributed by atoms with Crippen LogP contribution < -0.4 is 10.6 Å². The molecule has 0 aliphatic rings. The topological polar surface area (TPSA) is 54.2 Å². The Bertz CT molecular complexity index is 675. The molecule has 0 saturated heterocycles. The molecule has 0 bridgehead atoms. The maximum absolute atomic E-state index is 4.68. The maximum Gasteiger partial charge on any atom is 0.191 e. The highest BCUT2D eigenvalue weighted by Crippen LogP contribution is 2.16. The normalized spacial score (nSPS) is 11.3. The largest absolute Gasteiger partial charge is 0.357 e. The molecular weight excluding hydrogens is 433 g/mol. The first-order chi connectivity index (χ1) is 11.0. The molecule has 0 unspecified atom stereocenters. The van der Waals surface area contributed by atoms with Crippen molar-refractivity contribution in [3.8, 4) is 0 Å². The zero-order chi connectivity index (χ0) is 16.8. The molecule has 0 spiro atoms. The van der Waals surface area contributed by atoms with Gasteiger partial charge in [0.2, 0.25) is 0 Å². The molecule has 2 aromatic heterocycles. The zero-order valence-corrected chi connectivity index (χ0v) is 18.3. The van der Waals surface area contributed by atoms with Gasteiger partial charge < -0.3 is 10.6 Å². The molecule has 0 fully saturated rings. The summed E-state index contributed by atoms with van der Waals surface area (Å²) in [6.45, 7) is 10.8. The van der Waals surface area contributed by atoms with Gasteiger partial charge in [0.25, 0.3) is 0 Å². The lowest BCUT2D eigenvalue weighted by molar-refractivity contribution is 0.729. The van der Waals surface area contributed by atoms with Gasteiger partial charge in [0.1, 0.15) is 0 Å². The van der Waals surface area contributed by atoms with Crippen LogP contribution in [-0.2, 0) is 20.0 Å². The van der Waals surface area contributed by atoms with Crippen molar-refractivity contribution in [2.24, 2.45) is 12.0 Å². The van der Waals surface area contributed by atoms with Crippen molar-refractivity contribution in [1.29, 1.82) is 0 Å². The second-order valence-electron chi connectivity index (χ2n) is 5.67. The monoisotopic (exact) mass is 461 g/mol. The van der Waals surface area contributed by atoms with Gasteiger partial charge in [-0.05, 0) is 56.7 Å². The highest BCUT2D eigenvalue weighted by molar-refractivity contribution is 14.0. The first-order valence-electron chi connectivity index (χ1n) is 8.07. The molecule has 0 saturated carbocycles. The minimum Gasteiger partial charge on any atom is -0.357 e. The van der Waals surface area contributed by atoms with Crippen molar-refractivity contribution >= 4 is 41.3 Å². The number of nitrogens with zero attached hydrogens (tertiary/aromatic N) is 3. The average Bonchev–Trinajstić information content (AvgIpc) is 3.02. The quantitative estimate of drug-likeness (QED) is 0.394. The van der Waals surface area contributed by atoms with E-state index in [-0.39, 0.29) is 24.0 Å². The Morgan fingerprint density at radius 3 is 2.58 bits per heavy atom. The van der Waals surface area contributed by atoms with E-state index in [1.165, 1.54) is 21.7 Å². The van der Waals surface area contributed by atoms with Crippen molar-refractivity contribution in [3.05, 3.63) is 38.8 Å². The summed E-state index contributed by atoms with van der Waals surface area (Å²) >= 11 is 1.76. The van der Waals surface area contributed by atoms with Gasteiger partial charge >= 0.3 is 0 Å². The van der Waals surface area contributed by atoms with Gasteiger partial charge in [-0.25, -0.2) is 4.99 Å². The molecule has 2 rings (SSSR count). The van der Waals surface area contributed by atoms with E-state index in [2.05, 4.69) is 59.9 Å². The van der Waals surface area contributed by atoms with E-state index >= 15 is 0 Å². The summed E-state index contributed by atoms with van der Waals surface area (Å²) in [5.74, 6) is 0.875. The van der Waals surface area contributed by atoms with Crippen LogP contribution in [0.2, 0.25) is 0 Å². The van der Waals surface area contributed by atoms with Crippen LogP contribution in [0.4, 0.5) is 0 Å². The van der Waals surface area contributed by atoms with Crippen LogP contribution in [-0.4, -0.2) is 28.8 Å². The fourth-order valence-corrected chi connectivity index (χ4v) is 3.37. The first kappa shape index (κ1) is 21.0. The number of aryl methyl sites for hydroxylation is 3. The molecule has 2 heterocycles. The molecule has 0 aliphatic carbocycles. The summed E-state index contributed by atoms with van der Waals surface area (Å²) < 4.78 is 1.95. The Kier molecular flexibility index (Phi) is 8.75. The van der Waals surface area contributed by atoms with Gasteiger partial charge in [-0.15, -0.1) is 35.3 Å². The number of thiophene rings is 1. The molecule has 24 heavy (non-hydrogen) atoms. The van der Waals surface area contributed by atoms with Crippen LogP contribution in [0, 0.1) is 20.8 Å². The summed E-state index contributed by atoms with van der Waals surface area (Å²) in [5, 5.41) is 13.3. The summed E-state index contributed by atoms with van der Waals surface area (Å²) in [4.78, 5) is 6.00. The Labute approximate surface area is 166 Å². The lowest BCUT2D eigenvalue weighted by atomic mass is 10.1. The van der Waals surface area contributed by atoms with E-state index in [4.69, 9.17) is 0 Å². The highest BCUT2D eigenvalue weighted by atomic mass is 127. The summed E-state index contributed by atoms with van der Waals surface area (Å²) in [6, 6.07) is 2.14. The number of hydrogen-bond acceptors (Lipinski definition) is 3. The smallest absolute Gasteiger partial charge is 0.191 e. The molecule has 0 atom stereocenters. The van der Waals surface area contributed by atoms with Gasteiger partial charge in [-0.1, -0.05) is 0 Å². The molecule has 0 amide bonds. The number of hydrogen-bond donors (Lipinski definition) is 2. The first-order valence-corrected chi connectivity index (χ1v) is 8.95. The van der Waals surface area contributed by atoms with Crippen LogP contribution >= 0.6 is 35.3 Å². The van der Waals surface area contributed by atoms with Crippen LogP contribution in [0.5, 0.6) is 0 Å². The third-order valence-corrected chi connectivity index (χ3v) is 5.03. The molecule has 7 heteroatoms. The van der Waals surface area contributed by atoms with E-state index in [9.17, 15) is 0 Å². The molecule has 0 radical (unpaired) electrons. The van der Waals surface area contributed by atoms with Gasteiger partial charge in [-0.3, -0.25) is 4.68 Å². The Morgan fingerprint density at radius 1 is 1.29 bits per heavy atom. The van der Waals surface area contributed by atoms with Crippen molar-refractivity contribution in [2.75, 3.05) is 13.1 Å².